The van der Waals surface area contributed by atoms with Crippen LogP contribution >= 0.6 is 11.6 Å². The highest BCUT2D eigenvalue weighted by Gasteiger charge is 2.13. The molecule has 1 atom stereocenters. The Morgan fingerprint density at radius 1 is 1.39 bits per heavy atom. The van der Waals surface area contributed by atoms with Gasteiger partial charge in [-0.2, -0.15) is 0 Å². The van der Waals surface area contributed by atoms with Gasteiger partial charge in [0.2, 0.25) is 0 Å². The van der Waals surface area contributed by atoms with E-state index in [2.05, 4.69) is 12.2 Å². The van der Waals surface area contributed by atoms with E-state index in [1.54, 1.807) is 18.2 Å². The highest BCUT2D eigenvalue weighted by Crippen LogP contribution is 2.28. The molecule has 0 heterocycles. The number of alkyl halides is 2. The highest BCUT2D eigenvalue weighted by atomic mass is 35.5. The summed E-state index contributed by atoms with van der Waals surface area (Å²) in [4.78, 5) is 0. The lowest BCUT2D eigenvalue weighted by Crippen LogP contribution is -2.20. The summed E-state index contributed by atoms with van der Waals surface area (Å²) in [5.41, 5.74) is 0.802. The minimum absolute atomic E-state index is 0.0105. The van der Waals surface area contributed by atoms with Crippen molar-refractivity contribution in [3.8, 4) is 5.75 Å². The first kappa shape index (κ1) is 15.2. The predicted octanol–water partition coefficient (Wildman–Crippen LogP) is 4.04. The lowest BCUT2D eigenvalue weighted by molar-refractivity contribution is 0.0811. The van der Waals surface area contributed by atoms with Crippen molar-refractivity contribution >= 4 is 11.6 Å². The molecule has 1 rings (SSSR count). The van der Waals surface area contributed by atoms with Crippen molar-refractivity contribution in [2.24, 2.45) is 0 Å². The van der Waals surface area contributed by atoms with Crippen LogP contribution in [0.3, 0.4) is 0 Å². The standard InChI is InChI=1S/C13H18ClF2NO/c1-3-6-17-9(2)11-7-10(14)4-5-12(11)18-8-13(15)16/h4-5,7,9,13,17H,3,6,8H2,1-2H3. The molecule has 5 heteroatoms. The van der Waals surface area contributed by atoms with E-state index in [4.69, 9.17) is 16.3 Å². The number of benzene rings is 1. The third-order valence-electron chi connectivity index (χ3n) is 2.50. The molecule has 0 aliphatic rings. The molecular formula is C13H18ClF2NO. The third-order valence-corrected chi connectivity index (χ3v) is 2.74. The van der Waals surface area contributed by atoms with Crippen LogP contribution in [0.5, 0.6) is 5.75 Å². The van der Waals surface area contributed by atoms with Crippen LogP contribution < -0.4 is 10.1 Å². The van der Waals surface area contributed by atoms with Crippen molar-refractivity contribution in [3.63, 3.8) is 0 Å². The van der Waals surface area contributed by atoms with Gasteiger partial charge >= 0.3 is 0 Å². The molecule has 1 aromatic carbocycles. The Bertz CT molecular complexity index is 374. The van der Waals surface area contributed by atoms with Gasteiger partial charge in [0.15, 0.2) is 0 Å². The summed E-state index contributed by atoms with van der Waals surface area (Å²) in [5.74, 6) is 0.454. The summed E-state index contributed by atoms with van der Waals surface area (Å²) in [6.45, 7) is 4.26. The zero-order valence-corrected chi connectivity index (χ0v) is 11.3. The van der Waals surface area contributed by atoms with Crippen molar-refractivity contribution < 1.29 is 13.5 Å². The minimum atomic E-state index is -2.48. The van der Waals surface area contributed by atoms with E-state index in [1.165, 1.54) is 0 Å². The van der Waals surface area contributed by atoms with Gasteiger partial charge in [0.1, 0.15) is 12.4 Å². The molecule has 102 valence electrons. The van der Waals surface area contributed by atoms with Crippen molar-refractivity contribution in [3.05, 3.63) is 28.8 Å². The third kappa shape index (κ3) is 4.78. The van der Waals surface area contributed by atoms with E-state index < -0.39 is 13.0 Å². The molecule has 0 fully saturated rings. The SMILES string of the molecule is CCCNC(C)c1cc(Cl)ccc1OCC(F)F. The number of hydrogen-bond acceptors (Lipinski definition) is 2. The first-order valence-corrected chi connectivity index (χ1v) is 6.36. The van der Waals surface area contributed by atoms with Gasteiger partial charge in [-0.1, -0.05) is 18.5 Å². The summed E-state index contributed by atoms with van der Waals surface area (Å²) in [6.07, 6.45) is -1.48. The molecule has 0 spiro atoms. The van der Waals surface area contributed by atoms with Crippen LogP contribution in [-0.2, 0) is 0 Å². The van der Waals surface area contributed by atoms with Crippen LogP contribution in [0, 0.1) is 0 Å². The van der Waals surface area contributed by atoms with Crippen LogP contribution in [0.4, 0.5) is 8.78 Å². The quantitative estimate of drug-likeness (QED) is 0.812. The second-order valence-corrected chi connectivity index (χ2v) is 4.50. The Morgan fingerprint density at radius 2 is 2.11 bits per heavy atom. The smallest absolute Gasteiger partial charge is 0.272 e. The summed E-state index contributed by atoms with van der Waals surface area (Å²) in [7, 11) is 0. The fourth-order valence-corrected chi connectivity index (χ4v) is 1.79. The van der Waals surface area contributed by atoms with Gasteiger partial charge in [-0.3, -0.25) is 0 Å². The average Bonchev–Trinajstić information content (AvgIpc) is 2.34. The molecule has 0 bridgehead atoms. The summed E-state index contributed by atoms with van der Waals surface area (Å²) in [5, 5.41) is 3.85. The molecule has 0 saturated carbocycles. The van der Waals surface area contributed by atoms with Crippen molar-refractivity contribution in [2.75, 3.05) is 13.2 Å². The Labute approximate surface area is 111 Å². The van der Waals surface area contributed by atoms with Gasteiger partial charge in [-0.25, -0.2) is 8.78 Å². The fraction of sp³-hybridized carbons (Fsp3) is 0.538. The maximum absolute atomic E-state index is 12.2. The molecule has 1 unspecified atom stereocenters. The molecule has 0 saturated heterocycles. The maximum Gasteiger partial charge on any atom is 0.272 e. The predicted molar refractivity (Wildman–Crippen MR) is 69.7 cm³/mol. The Kier molecular flexibility index (Phi) is 6.36. The van der Waals surface area contributed by atoms with Gasteiger partial charge in [-0.15, -0.1) is 0 Å². The lowest BCUT2D eigenvalue weighted by Gasteiger charge is -2.18. The van der Waals surface area contributed by atoms with Crippen LogP contribution in [0.25, 0.3) is 0 Å². The van der Waals surface area contributed by atoms with E-state index in [1.807, 2.05) is 6.92 Å². The highest BCUT2D eigenvalue weighted by molar-refractivity contribution is 6.30. The molecule has 0 aliphatic heterocycles. The van der Waals surface area contributed by atoms with Gasteiger partial charge in [0, 0.05) is 16.6 Å². The second kappa shape index (κ2) is 7.54. The first-order valence-electron chi connectivity index (χ1n) is 5.98. The monoisotopic (exact) mass is 277 g/mol. The summed E-state index contributed by atoms with van der Waals surface area (Å²) < 4.78 is 29.4. The Hall–Kier alpha value is -0.870. The zero-order valence-electron chi connectivity index (χ0n) is 10.6. The summed E-state index contributed by atoms with van der Waals surface area (Å²) in [6, 6.07) is 5.02. The van der Waals surface area contributed by atoms with Gasteiger partial charge in [0.05, 0.1) is 0 Å². The molecule has 0 radical (unpaired) electrons. The number of nitrogens with one attached hydrogen (secondary N) is 1. The Balaban J connectivity index is 2.81. The van der Waals surface area contributed by atoms with Crippen LogP contribution in [0.1, 0.15) is 31.9 Å². The first-order chi connectivity index (χ1) is 8.54. The van der Waals surface area contributed by atoms with Crippen molar-refractivity contribution in [2.45, 2.75) is 32.7 Å². The average molecular weight is 278 g/mol. The largest absolute Gasteiger partial charge is 0.487 e. The van der Waals surface area contributed by atoms with E-state index in [0.29, 0.717) is 10.8 Å². The van der Waals surface area contributed by atoms with Crippen molar-refractivity contribution in [1.29, 1.82) is 0 Å². The van der Waals surface area contributed by atoms with Gasteiger partial charge in [0.25, 0.3) is 6.43 Å². The molecule has 18 heavy (non-hydrogen) atoms. The lowest BCUT2D eigenvalue weighted by atomic mass is 10.1. The van der Waals surface area contributed by atoms with E-state index in [-0.39, 0.29) is 6.04 Å². The number of ether oxygens (including phenoxy) is 1. The van der Waals surface area contributed by atoms with E-state index in [9.17, 15) is 8.78 Å². The van der Waals surface area contributed by atoms with Crippen LogP contribution in [0.15, 0.2) is 18.2 Å². The number of hydrogen-bond donors (Lipinski definition) is 1. The second-order valence-electron chi connectivity index (χ2n) is 4.06. The molecular weight excluding hydrogens is 260 g/mol. The van der Waals surface area contributed by atoms with Crippen molar-refractivity contribution in [1.82, 2.24) is 5.32 Å². The van der Waals surface area contributed by atoms with E-state index in [0.717, 1.165) is 18.5 Å². The summed E-state index contributed by atoms with van der Waals surface area (Å²) >= 11 is 5.93. The zero-order chi connectivity index (χ0) is 13.5. The van der Waals surface area contributed by atoms with E-state index >= 15 is 0 Å². The maximum atomic E-state index is 12.2. The van der Waals surface area contributed by atoms with Gasteiger partial charge in [-0.05, 0) is 38.1 Å². The molecule has 1 N–H and O–H groups in total. The molecule has 2 nitrogen and oxygen atoms in total. The normalized spacial score (nSPS) is 12.8. The van der Waals surface area contributed by atoms with Crippen LogP contribution in [-0.4, -0.2) is 19.6 Å². The number of rotatable bonds is 7. The molecule has 1 aromatic rings. The minimum Gasteiger partial charge on any atom is -0.487 e. The Morgan fingerprint density at radius 3 is 2.72 bits per heavy atom. The molecule has 0 amide bonds. The molecule has 0 aliphatic carbocycles. The molecule has 0 aromatic heterocycles. The van der Waals surface area contributed by atoms with Crippen LogP contribution in [0.2, 0.25) is 5.02 Å². The van der Waals surface area contributed by atoms with Gasteiger partial charge < -0.3 is 10.1 Å². The fourth-order valence-electron chi connectivity index (χ4n) is 1.61. The topological polar surface area (TPSA) is 21.3 Å². The number of halogens is 3.